The molecule has 19 heavy (non-hydrogen) atoms. The van der Waals surface area contributed by atoms with Gasteiger partial charge in [-0.3, -0.25) is 0 Å². The van der Waals surface area contributed by atoms with E-state index in [4.69, 9.17) is 0 Å². The van der Waals surface area contributed by atoms with Crippen molar-refractivity contribution in [3.8, 4) is 0 Å². The predicted molar refractivity (Wildman–Crippen MR) is 78.2 cm³/mol. The fourth-order valence-electron chi connectivity index (χ4n) is 2.65. The predicted octanol–water partition coefficient (Wildman–Crippen LogP) is 2.62. The summed E-state index contributed by atoms with van der Waals surface area (Å²) in [6.07, 6.45) is 5.07. The summed E-state index contributed by atoms with van der Waals surface area (Å²) in [5, 5.41) is 2.96. The Hall–Kier alpha value is -1.77. The van der Waals surface area contributed by atoms with E-state index in [0.717, 1.165) is 25.8 Å². The van der Waals surface area contributed by atoms with Gasteiger partial charge < -0.3 is 10.2 Å². The van der Waals surface area contributed by atoms with Crippen molar-refractivity contribution < 1.29 is 4.79 Å². The molecule has 3 nitrogen and oxygen atoms in total. The number of carbonyl (C=O) groups excluding carboxylic acids is 1. The monoisotopic (exact) mass is 258 g/mol. The van der Waals surface area contributed by atoms with Gasteiger partial charge in [0.2, 0.25) is 0 Å². The van der Waals surface area contributed by atoms with Crippen LogP contribution in [0, 0.1) is 5.92 Å². The van der Waals surface area contributed by atoms with E-state index in [-0.39, 0.29) is 6.03 Å². The third kappa shape index (κ3) is 3.60. The summed E-state index contributed by atoms with van der Waals surface area (Å²) in [4.78, 5) is 13.3. The van der Waals surface area contributed by atoms with E-state index in [1.807, 2.05) is 0 Å². The number of nitrogens with zero attached hydrogens (tertiary/aromatic N) is 1. The van der Waals surface area contributed by atoms with Gasteiger partial charge in [-0.1, -0.05) is 30.3 Å². The second-order valence-electron chi connectivity index (χ2n) is 5.23. The van der Waals surface area contributed by atoms with Crippen molar-refractivity contribution in [3.05, 3.63) is 48.0 Å². The van der Waals surface area contributed by atoms with Crippen LogP contribution in [0.1, 0.15) is 17.5 Å². The average molecular weight is 258 g/mol. The highest BCUT2D eigenvalue weighted by molar-refractivity contribution is 5.73. The zero-order valence-electron chi connectivity index (χ0n) is 11.6. The Kier molecular flexibility index (Phi) is 4.61. The SMILES string of the molecule is C=CCN(C)C(=O)NCCC1Cc2ccccc2C1. The van der Waals surface area contributed by atoms with Crippen LogP contribution in [0.4, 0.5) is 4.79 Å². The number of urea groups is 1. The molecule has 0 heterocycles. The Morgan fingerprint density at radius 1 is 1.42 bits per heavy atom. The number of hydrogen-bond donors (Lipinski definition) is 1. The molecule has 0 fully saturated rings. The lowest BCUT2D eigenvalue weighted by Crippen LogP contribution is -2.38. The first-order valence-corrected chi connectivity index (χ1v) is 6.87. The molecule has 0 saturated heterocycles. The molecule has 0 saturated carbocycles. The van der Waals surface area contributed by atoms with Crippen LogP contribution in [0.2, 0.25) is 0 Å². The third-order valence-corrected chi connectivity index (χ3v) is 3.71. The van der Waals surface area contributed by atoms with Gasteiger partial charge >= 0.3 is 6.03 Å². The molecule has 2 amide bonds. The smallest absolute Gasteiger partial charge is 0.317 e. The van der Waals surface area contributed by atoms with E-state index in [2.05, 4.69) is 36.2 Å². The van der Waals surface area contributed by atoms with Crippen LogP contribution in [0.3, 0.4) is 0 Å². The number of benzene rings is 1. The largest absolute Gasteiger partial charge is 0.338 e. The maximum atomic E-state index is 11.7. The van der Waals surface area contributed by atoms with Crippen LogP contribution in [0.15, 0.2) is 36.9 Å². The lowest BCUT2D eigenvalue weighted by atomic mass is 10.0. The highest BCUT2D eigenvalue weighted by atomic mass is 16.2. The van der Waals surface area contributed by atoms with Crippen molar-refractivity contribution in [1.82, 2.24) is 10.2 Å². The van der Waals surface area contributed by atoms with Crippen molar-refractivity contribution in [2.75, 3.05) is 20.1 Å². The van der Waals surface area contributed by atoms with Gasteiger partial charge in [0, 0.05) is 20.1 Å². The van der Waals surface area contributed by atoms with Gasteiger partial charge in [-0.2, -0.15) is 0 Å². The standard InChI is InChI=1S/C16H22N2O/c1-3-10-18(2)16(19)17-9-8-13-11-14-6-4-5-7-15(14)12-13/h3-7,13H,1,8-12H2,2H3,(H,17,19). The lowest BCUT2D eigenvalue weighted by molar-refractivity contribution is 0.212. The maximum absolute atomic E-state index is 11.7. The molecular formula is C16H22N2O. The van der Waals surface area contributed by atoms with E-state index in [1.54, 1.807) is 18.0 Å². The van der Waals surface area contributed by atoms with Gasteiger partial charge in [0.25, 0.3) is 0 Å². The van der Waals surface area contributed by atoms with Crippen LogP contribution in [-0.2, 0) is 12.8 Å². The zero-order chi connectivity index (χ0) is 13.7. The summed E-state index contributed by atoms with van der Waals surface area (Å²) in [7, 11) is 1.78. The molecule has 0 unspecified atom stereocenters. The minimum Gasteiger partial charge on any atom is -0.338 e. The molecule has 1 aromatic carbocycles. The molecule has 0 atom stereocenters. The first-order valence-electron chi connectivity index (χ1n) is 6.87. The van der Waals surface area contributed by atoms with Gasteiger partial charge in [-0.25, -0.2) is 4.79 Å². The number of likely N-dealkylation sites (N-methyl/N-ethyl adjacent to an activating group) is 1. The van der Waals surface area contributed by atoms with Gasteiger partial charge in [-0.15, -0.1) is 6.58 Å². The molecule has 1 aromatic rings. The lowest BCUT2D eigenvalue weighted by Gasteiger charge is -2.17. The van der Waals surface area contributed by atoms with Crippen LogP contribution in [-0.4, -0.2) is 31.1 Å². The zero-order valence-corrected chi connectivity index (χ0v) is 11.6. The number of amides is 2. The Labute approximate surface area is 115 Å². The van der Waals surface area contributed by atoms with Gasteiger partial charge in [-0.05, 0) is 36.3 Å². The van der Waals surface area contributed by atoms with Crippen LogP contribution < -0.4 is 5.32 Å². The molecule has 102 valence electrons. The molecule has 2 rings (SSSR count). The fourth-order valence-corrected chi connectivity index (χ4v) is 2.65. The summed E-state index contributed by atoms with van der Waals surface area (Å²) in [5.41, 5.74) is 2.95. The molecule has 1 aliphatic rings. The fraction of sp³-hybridized carbons (Fsp3) is 0.438. The Morgan fingerprint density at radius 2 is 2.05 bits per heavy atom. The Balaban J connectivity index is 1.71. The topological polar surface area (TPSA) is 32.3 Å². The van der Waals surface area contributed by atoms with Gasteiger partial charge in [0.1, 0.15) is 0 Å². The molecule has 0 aromatic heterocycles. The van der Waals surface area contributed by atoms with Crippen molar-refractivity contribution in [2.45, 2.75) is 19.3 Å². The van der Waals surface area contributed by atoms with Crippen LogP contribution >= 0.6 is 0 Å². The minimum atomic E-state index is -0.0181. The van der Waals surface area contributed by atoms with Crippen molar-refractivity contribution in [2.24, 2.45) is 5.92 Å². The number of carbonyl (C=O) groups is 1. The molecule has 1 aliphatic carbocycles. The molecular weight excluding hydrogens is 236 g/mol. The van der Waals surface area contributed by atoms with E-state index in [1.165, 1.54) is 11.1 Å². The van der Waals surface area contributed by atoms with Crippen molar-refractivity contribution in [3.63, 3.8) is 0 Å². The van der Waals surface area contributed by atoms with E-state index < -0.39 is 0 Å². The van der Waals surface area contributed by atoms with E-state index in [0.29, 0.717) is 12.5 Å². The summed E-state index contributed by atoms with van der Waals surface area (Å²) in [6.45, 7) is 4.96. The van der Waals surface area contributed by atoms with Crippen LogP contribution in [0.5, 0.6) is 0 Å². The summed E-state index contributed by atoms with van der Waals surface area (Å²) in [6, 6.07) is 8.62. The van der Waals surface area contributed by atoms with E-state index >= 15 is 0 Å². The number of hydrogen-bond acceptors (Lipinski definition) is 1. The van der Waals surface area contributed by atoms with Crippen molar-refractivity contribution in [1.29, 1.82) is 0 Å². The minimum absolute atomic E-state index is 0.0181. The number of fused-ring (bicyclic) bond motifs is 1. The maximum Gasteiger partial charge on any atom is 0.317 e. The average Bonchev–Trinajstić information content (AvgIpc) is 2.81. The molecule has 1 N–H and O–H groups in total. The van der Waals surface area contributed by atoms with Gasteiger partial charge in [0.05, 0.1) is 0 Å². The van der Waals surface area contributed by atoms with Gasteiger partial charge in [0.15, 0.2) is 0 Å². The normalized spacial score (nSPS) is 13.9. The van der Waals surface area contributed by atoms with E-state index in [9.17, 15) is 4.79 Å². The highest BCUT2D eigenvalue weighted by Crippen LogP contribution is 2.28. The summed E-state index contributed by atoms with van der Waals surface area (Å²) in [5.74, 6) is 0.669. The molecule has 0 spiro atoms. The highest BCUT2D eigenvalue weighted by Gasteiger charge is 2.20. The van der Waals surface area contributed by atoms with Crippen molar-refractivity contribution >= 4 is 6.03 Å². The number of rotatable bonds is 5. The second kappa shape index (κ2) is 6.41. The molecule has 0 radical (unpaired) electrons. The summed E-state index contributed by atoms with van der Waals surface area (Å²) >= 11 is 0. The summed E-state index contributed by atoms with van der Waals surface area (Å²) < 4.78 is 0. The number of nitrogens with one attached hydrogen (secondary N) is 1. The third-order valence-electron chi connectivity index (χ3n) is 3.71. The molecule has 3 heteroatoms. The first kappa shape index (κ1) is 13.7. The quantitative estimate of drug-likeness (QED) is 0.809. The van der Waals surface area contributed by atoms with Crippen LogP contribution in [0.25, 0.3) is 0 Å². The molecule has 0 bridgehead atoms. The second-order valence-corrected chi connectivity index (χ2v) is 5.23. The Bertz CT molecular complexity index is 431. The molecule has 0 aliphatic heterocycles. The Morgan fingerprint density at radius 3 is 2.63 bits per heavy atom. The first-order chi connectivity index (χ1) is 9.20.